The van der Waals surface area contributed by atoms with Gasteiger partial charge in [-0.3, -0.25) is 0 Å². The van der Waals surface area contributed by atoms with Gasteiger partial charge in [-0.1, -0.05) is 25.8 Å². The van der Waals surface area contributed by atoms with E-state index in [0.29, 0.717) is 12.2 Å². The van der Waals surface area contributed by atoms with Gasteiger partial charge < -0.3 is 15.3 Å². The molecule has 0 amide bonds. The quantitative estimate of drug-likeness (QED) is 0.870. The van der Waals surface area contributed by atoms with E-state index in [9.17, 15) is 9.50 Å². The van der Waals surface area contributed by atoms with Crippen LogP contribution in [-0.4, -0.2) is 30.8 Å². The Hall–Kier alpha value is -1.13. The van der Waals surface area contributed by atoms with Crippen molar-refractivity contribution in [1.82, 2.24) is 5.32 Å². The fraction of sp³-hybridized carbons (Fsp3) is 0.625. The fourth-order valence-electron chi connectivity index (χ4n) is 2.85. The summed E-state index contributed by atoms with van der Waals surface area (Å²) in [5.41, 5.74) is 1.59. The van der Waals surface area contributed by atoms with E-state index < -0.39 is 0 Å². The van der Waals surface area contributed by atoms with Crippen LogP contribution >= 0.6 is 0 Å². The summed E-state index contributed by atoms with van der Waals surface area (Å²) in [4.78, 5) is 2.04. The van der Waals surface area contributed by atoms with E-state index >= 15 is 0 Å². The lowest BCUT2D eigenvalue weighted by atomic mass is 10.1. The minimum Gasteiger partial charge on any atom is -0.394 e. The number of hydrogen-bond donors (Lipinski definition) is 2. The molecule has 4 heteroatoms. The van der Waals surface area contributed by atoms with Crippen LogP contribution in [0.25, 0.3) is 0 Å². The summed E-state index contributed by atoms with van der Waals surface area (Å²) in [7, 11) is 0. The molecule has 0 aliphatic carbocycles. The lowest BCUT2D eigenvalue weighted by Gasteiger charge is -2.31. The van der Waals surface area contributed by atoms with Crippen LogP contribution in [-0.2, 0) is 6.54 Å². The Labute approximate surface area is 120 Å². The van der Waals surface area contributed by atoms with Crippen molar-refractivity contribution in [2.45, 2.75) is 45.2 Å². The van der Waals surface area contributed by atoms with Crippen molar-refractivity contribution in [2.24, 2.45) is 0 Å². The maximum Gasteiger partial charge on any atom is 0.146 e. The van der Waals surface area contributed by atoms with Crippen molar-refractivity contribution in [3.05, 3.63) is 29.6 Å². The van der Waals surface area contributed by atoms with Crippen molar-refractivity contribution in [2.75, 3.05) is 24.6 Å². The van der Waals surface area contributed by atoms with Gasteiger partial charge in [0, 0.05) is 13.1 Å². The van der Waals surface area contributed by atoms with Crippen LogP contribution in [0.3, 0.4) is 0 Å². The molecule has 0 bridgehead atoms. The van der Waals surface area contributed by atoms with Crippen LogP contribution in [0.15, 0.2) is 18.2 Å². The number of hydrogen-bond acceptors (Lipinski definition) is 3. The fourth-order valence-corrected chi connectivity index (χ4v) is 2.85. The Bertz CT molecular complexity index is 425. The average Bonchev–Trinajstić information content (AvgIpc) is 2.70. The third kappa shape index (κ3) is 3.70. The zero-order valence-corrected chi connectivity index (χ0v) is 12.2. The smallest absolute Gasteiger partial charge is 0.146 e. The minimum absolute atomic E-state index is 0.0478. The van der Waals surface area contributed by atoms with E-state index in [0.717, 1.165) is 44.3 Å². The van der Waals surface area contributed by atoms with Gasteiger partial charge in [0.25, 0.3) is 0 Å². The number of benzene rings is 1. The molecule has 0 radical (unpaired) electrons. The maximum absolute atomic E-state index is 14.4. The number of aliphatic hydroxyl groups is 1. The average molecular weight is 280 g/mol. The maximum atomic E-state index is 14.4. The lowest BCUT2D eigenvalue weighted by molar-refractivity contribution is 0.254. The van der Waals surface area contributed by atoms with E-state index in [2.05, 4.69) is 5.32 Å². The van der Waals surface area contributed by atoms with Crippen molar-refractivity contribution in [3.8, 4) is 0 Å². The molecule has 1 fully saturated rings. The number of aliphatic hydroxyl groups excluding tert-OH is 1. The highest BCUT2D eigenvalue weighted by molar-refractivity contribution is 5.50. The molecule has 1 aliphatic heterocycles. The van der Waals surface area contributed by atoms with Gasteiger partial charge in [-0.05, 0) is 37.1 Å². The van der Waals surface area contributed by atoms with E-state index in [1.54, 1.807) is 6.07 Å². The van der Waals surface area contributed by atoms with Crippen molar-refractivity contribution in [1.29, 1.82) is 0 Å². The first-order valence-electron chi connectivity index (χ1n) is 7.63. The summed E-state index contributed by atoms with van der Waals surface area (Å²) < 4.78 is 14.4. The molecule has 20 heavy (non-hydrogen) atoms. The Morgan fingerprint density at radius 2 is 2.20 bits per heavy atom. The van der Waals surface area contributed by atoms with Crippen molar-refractivity contribution < 1.29 is 9.50 Å². The first kappa shape index (κ1) is 15.3. The van der Waals surface area contributed by atoms with Crippen LogP contribution in [0, 0.1) is 5.82 Å². The van der Waals surface area contributed by atoms with Crippen LogP contribution in [0.2, 0.25) is 0 Å². The highest BCUT2D eigenvalue weighted by Crippen LogP contribution is 2.27. The molecule has 1 aliphatic rings. The summed E-state index contributed by atoms with van der Waals surface area (Å²) in [5, 5.41) is 12.7. The third-order valence-electron chi connectivity index (χ3n) is 3.99. The van der Waals surface area contributed by atoms with E-state index in [4.69, 9.17) is 0 Å². The minimum atomic E-state index is -0.180. The van der Waals surface area contributed by atoms with Gasteiger partial charge in [0.15, 0.2) is 0 Å². The molecule has 112 valence electrons. The van der Waals surface area contributed by atoms with Gasteiger partial charge >= 0.3 is 0 Å². The van der Waals surface area contributed by atoms with Crippen LogP contribution in [0.5, 0.6) is 0 Å². The molecule has 2 N–H and O–H groups in total. The lowest BCUT2D eigenvalue weighted by Crippen LogP contribution is -2.38. The largest absolute Gasteiger partial charge is 0.394 e. The number of halogens is 1. The number of anilines is 1. The summed E-state index contributed by atoms with van der Waals surface area (Å²) in [6, 6.07) is 5.49. The molecule has 0 spiro atoms. The molecule has 2 rings (SSSR count). The van der Waals surface area contributed by atoms with E-state index in [1.807, 2.05) is 24.0 Å². The summed E-state index contributed by atoms with van der Waals surface area (Å²) in [6.45, 7) is 4.53. The molecule has 1 atom stereocenters. The Balaban J connectivity index is 2.17. The van der Waals surface area contributed by atoms with Gasteiger partial charge in [0.2, 0.25) is 0 Å². The van der Waals surface area contributed by atoms with E-state index in [1.165, 1.54) is 0 Å². The second kappa shape index (κ2) is 7.60. The van der Waals surface area contributed by atoms with Gasteiger partial charge in [-0.25, -0.2) is 4.39 Å². The summed E-state index contributed by atoms with van der Waals surface area (Å²) in [6.07, 6.45) is 4.28. The van der Waals surface area contributed by atoms with Crippen molar-refractivity contribution >= 4 is 5.69 Å². The molecule has 3 nitrogen and oxygen atoms in total. The van der Waals surface area contributed by atoms with Gasteiger partial charge in [0.1, 0.15) is 5.82 Å². The number of nitrogens with zero attached hydrogens (tertiary/aromatic N) is 1. The Morgan fingerprint density at radius 3 is 2.90 bits per heavy atom. The molecular formula is C16H25FN2O. The van der Waals surface area contributed by atoms with Gasteiger partial charge in [-0.2, -0.15) is 0 Å². The predicted molar refractivity (Wildman–Crippen MR) is 80.5 cm³/mol. The second-order valence-corrected chi connectivity index (χ2v) is 5.45. The first-order valence-corrected chi connectivity index (χ1v) is 7.63. The summed E-state index contributed by atoms with van der Waals surface area (Å²) >= 11 is 0. The monoisotopic (exact) mass is 280 g/mol. The highest BCUT2D eigenvalue weighted by Gasteiger charge is 2.22. The van der Waals surface area contributed by atoms with Gasteiger partial charge in [0.05, 0.1) is 18.3 Å². The van der Waals surface area contributed by atoms with E-state index in [-0.39, 0.29) is 18.5 Å². The Morgan fingerprint density at radius 1 is 1.35 bits per heavy atom. The number of rotatable bonds is 5. The van der Waals surface area contributed by atoms with Crippen molar-refractivity contribution in [3.63, 3.8) is 0 Å². The molecule has 1 unspecified atom stereocenters. The number of nitrogens with one attached hydrogen (secondary N) is 1. The molecule has 0 saturated carbocycles. The highest BCUT2D eigenvalue weighted by atomic mass is 19.1. The molecule has 1 aromatic carbocycles. The zero-order chi connectivity index (χ0) is 14.4. The molecule has 1 heterocycles. The Kier molecular flexibility index (Phi) is 5.80. The summed E-state index contributed by atoms with van der Waals surface area (Å²) in [5.74, 6) is -0.180. The molecule has 0 aromatic heterocycles. The van der Waals surface area contributed by atoms with Crippen LogP contribution in [0.1, 0.15) is 38.2 Å². The van der Waals surface area contributed by atoms with Crippen LogP contribution in [0.4, 0.5) is 10.1 Å². The SMILES string of the molecule is CCNCc1ccc(N2CCCCCC2CO)c(F)c1. The topological polar surface area (TPSA) is 35.5 Å². The second-order valence-electron chi connectivity index (χ2n) is 5.45. The van der Waals surface area contributed by atoms with Crippen LogP contribution < -0.4 is 10.2 Å². The third-order valence-corrected chi connectivity index (χ3v) is 3.99. The molecular weight excluding hydrogens is 255 g/mol. The van der Waals surface area contributed by atoms with Gasteiger partial charge in [-0.15, -0.1) is 0 Å². The zero-order valence-electron chi connectivity index (χ0n) is 12.2. The molecule has 1 aromatic rings. The molecule has 1 saturated heterocycles. The first-order chi connectivity index (χ1) is 9.76. The standard InChI is InChI=1S/C16H25FN2O/c1-2-18-11-13-7-8-16(15(17)10-13)19-9-5-3-4-6-14(19)12-20/h7-8,10,14,18,20H,2-6,9,11-12H2,1H3. The normalized spacial score (nSPS) is 19.9. The predicted octanol–water partition coefficient (Wildman–Crippen LogP) is 2.68.